The Bertz CT molecular complexity index is 572. The van der Waals surface area contributed by atoms with Gasteiger partial charge < -0.3 is 9.47 Å². The molecule has 0 fully saturated rings. The lowest BCUT2D eigenvalue weighted by Gasteiger charge is -2.16. The summed E-state index contributed by atoms with van der Waals surface area (Å²) < 4.78 is 4.45. The number of hydrogen-bond donors (Lipinski definition) is 0. The van der Waals surface area contributed by atoms with Gasteiger partial charge in [-0.3, -0.25) is 9.48 Å². The van der Waals surface area contributed by atoms with Crippen LogP contribution in [-0.2, 0) is 20.6 Å². The zero-order valence-corrected chi connectivity index (χ0v) is 12.2. The largest absolute Gasteiger partial charge is 0.345 e. The molecule has 0 atom stereocenters. The number of carbonyl (C=O) groups is 1. The Morgan fingerprint density at radius 1 is 1.44 bits per heavy atom. The molecule has 0 radical (unpaired) electrons. The van der Waals surface area contributed by atoms with Crippen LogP contribution in [-0.4, -0.2) is 32.2 Å². The first-order valence-corrected chi connectivity index (χ1v) is 6.31. The van der Waals surface area contributed by atoms with Crippen LogP contribution in [0.2, 0.25) is 0 Å². The molecule has 0 N–H and O–H groups in total. The van der Waals surface area contributed by atoms with Gasteiger partial charge in [-0.25, -0.2) is 0 Å². The Kier molecular flexibility index (Phi) is 3.56. The van der Waals surface area contributed by atoms with Gasteiger partial charge in [-0.05, 0) is 22.0 Å². The minimum atomic E-state index is -0.00736. The lowest BCUT2D eigenvalue weighted by atomic mass is 10.3. The van der Waals surface area contributed by atoms with Gasteiger partial charge in [-0.15, -0.1) is 0 Å². The highest BCUT2D eigenvalue weighted by atomic mass is 79.9. The average Bonchev–Trinajstić information content (AvgIpc) is 2.84. The van der Waals surface area contributed by atoms with Crippen molar-refractivity contribution in [3.05, 3.63) is 40.4 Å². The van der Waals surface area contributed by atoms with Crippen LogP contribution in [0.15, 0.2) is 29.1 Å². The molecule has 2 heterocycles. The van der Waals surface area contributed by atoms with Crippen molar-refractivity contribution in [1.29, 1.82) is 0 Å². The molecule has 0 spiro atoms. The van der Waals surface area contributed by atoms with Crippen LogP contribution in [0.1, 0.15) is 16.1 Å². The lowest BCUT2D eigenvalue weighted by Crippen LogP contribution is -2.27. The molecule has 0 unspecified atom stereocenters. The van der Waals surface area contributed by atoms with E-state index in [1.165, 1.54) is 0 Å². The van der Waals surface area contributed by atoms with Gasteiger partial charge in [0.15, 0.2) is 0 Å². The molecule has 0 aliphatic heterocycles. The van der Waals surface area contributed by atoms with Crippen molar-refractivity contribution in [3.63, 3.8) is 0 Å². The summed E-state index contributed by atoms with van der Waals surface area (Å²) in [6.45, 7) is 0.551. The van der Waals surface area contributed by atoms with Crippen LogP contribution in [0.5, 0.6) is 0 Å². The van der Waals surface area contributed by atoms with Crippen LogP contribution in [0.3, 0.4) is 0 Å². The second-order valence-electron chi connectivity index (χ2n) is 4.34. The Morgan fingerprint density at radius 2 is 2.17 bits per heavy atom. The fraction of sp³-hybridized carbons (Fsp3) is 0.333. The van der Waals surface area contributed by atoms with Crippen LogP contribution >= 0.6 is 15.9 Å². The molecule has 2 aromatic rings. The molecule has 0 aromatic carbocycles. The Hall–Kier alpha value is -1.56. The minimum Gasteiger partial charge on any atom is -0.345 e. The second-order valence-corrected chi connectivity index (χ2v) is 5.25. The predicted octanol–water partition coefficient (Wildman–Crippen LogP) is 1.79. The second kappa shape index (κ2) is 4.97. The summed E-state index contributed by atoms with van der Waals surface area (Å²) in [6.07, 6.45) is 5.54. The van der Waals surface area contributed by atoms with Gasteiger partial charge in [0.05, 0.1) is 6.20 Å². The highest BCUT2D eigenvalue weighted by molar-refractivity contribution is 9.10. The van der Waals surface area contributed by atoms with Gasteiger partial charge in [0.25, 0.3) is 5.91 Å². The Labute approximate surface area is 114 Å². The van der Waals surface area contributed by atoms with E-state index in [-0.39, 0.29) is 5.91 Å². The fourth-order valence-corrected chi connectivity index (χ4v) is 2.36. The molecule has 96 valence electrons. The molecule has 0 saturated carbocycles. The van der Waals surface area contributed by atoms with Crippen molar-refractivity contribution in [2.24, 2.45) is 14.1 Å². The molecular formula is C12H15BrN4O. The summed E-state index contributed by atoms with van der Waals surface area (Å²) in [5.41, 5.74) is 1.68. The maximum Gasteiger partial charge on any atom is 0.270 e. The zero-order valence-electron chi connectivity index (χ0n) is 10.6. The highest BCUT2D eigenvalue weighted by Crippen LogP contribution is 2.15. The van der Waals surface area contributed by atoms with Gasteiger partial charge in [0, 0.05) is 50.1 Å². The third kappa shape index (κ3) is 2.64. The van der Waals surface area contributed by atoms with E-state index in [0.29, 0.717) is 12.2 Å². The van der Waals surface area contributed by atoms with Crippen molar-refractivity contribution in [2.45, 2.75) is 6.54 Å². The summed E-state index contributed by atoms with van der Waals surface area (Å²) in [6, 6.07) is 1.82. The van der Waals surface area contributed by atoms with Crippen LogP contribution < -0.4 is 0 Å². The number of amides is 1. The number of aryl methyl sites for hydroxylation is 2. The predicted molar refractivity (Wildman–Crippen MR) is 72.1 cm³/mol. The van der Waals surface area contributed by atoms with Gasteiger partial charge in [-0.2, -0.15) is 5.10 Å². The van der Waals surface area contributed by atoms with Crippen molar-refractivity contribution < 1.29 is 4.79 Å². The first kappa shape index (κ1) is 12.9. The first-order chi connectivity index (χ1) is 8.47. The lowest BCUT2D eigenvalue weighted by molar-refractivity contribution is 0.0775. The number of rotatable bonds is 3. The van der Waals surface area contributed by atoms with Crippen molar-refractivity contribution in [2.75, 3.05) is 7.05 Å². The molecule has 0 saturated heterocycles. The van der Waals surface area contributed by atoms with E-state index < -0.39 is 0 Å². The topological polar surface area (TPSA) is 43.1 Å². The number of hydrogen-bond acceptors (Lipinski definition) is 2. The van der Waals surface area contributed by atoms with Crippen molar-refractivity contribution in [3.8, 4) is 0 Å². The van der Waals surface area contributed by atoms with Crippen LogP contribution in [0.4, 0.5) is 0 Å². The quantitative estimate of drug-likeness (QED) is 0.867. The number of carbonyl (C=O) groups excluding carboxylic acids is 1. The van der Waals surface area contributed by atoms with Crippen LogP contribution in [0, 0.1) is 0 Å². The molecule has 0 aliphatic carbocycles. The zero-order chi connectivity index (χ0) is 13.3. The van der Waals surface area contributed by atoms with Gasteiger partial charge in [0.1, 0.15) is 5.69 Å². The van der Waals surface area contributed by atoms with Crippen molar-refractivity contribution in [1.82, 2.24) is 19.2 Å². The maximum atomic E-state index is 12.2. The smallest absolute Gasteiger partial charge is 0.270 e. The Balaban J connectivity index is 2.11. The number of aromatic nitrogens is 3. The molecular weight excluding hydrogens is 296 g/mol. The number of halogens is 1. The van der Waals surface area contributed by atoms with E-state index in [1.54, 1.807) is 22.8 Å². The van der Waals surface area contributed by atoms with E-state index >= 15 is 0 Å². The summed E-state index contributed by atoms with van der Waals surface area (Å²) in [4.78, 5) is 13.9. The van der Waals surface area contributed by atoms with Gasteiger partial charge >= 0.3 is 0 Å². The van der Waals surface area contributed by atoms with Gasteiger partial charge in [0.2, 0.25) is 0 Å². The normalized spacial score (nSPS) is 10.7. The van der Waals surface area contributed by atoms with Crippen molar-refractivity contribution >= 4 is 21.8 Å². The molecule has 0 bridgehead atoms. The molecule has 2 aromatic heterocycles. The summed E-state index contributed by atoms with van der Waals surface area (Å²) >= 11 is 3.37. The van der Waals surface area contributed by atoms with E-state index in [1.807, 2.05) is 37.1 Å². The molecule has 5 nitrogen and oxygen atoms in total. The molecule has 6 heteroatoms. The van der Waals surface area contributed by atoms with Gasteiger partial charge in [-0.1, -0.05) is 0 Å². The molecule has 0 aliphatic rings. The Morgan fingerprint density at radius 3 is 2.67 bits per heavy atom. The first-order valence-electron chi connectivity index (χ1n) is 5.52. The average molecular weight is 311 g/mol. The van der Waals surface area contributed by atoms with E-state index in [2.05, 4.69) is 21.0 Å². The highest BCUT2D eigenvalue weighted by Gasteiger charge is 2.16. The fourth-order valence-electron chi connectivity index (χ4n) is 1.83. The molecule has 2 rings (SSSR count). The maximum absolute atomic E-state index is 12.2. The van der Waals surface area contributed by atoms with E-state index in [4.69, 9.17) is 0 Å². The SMILES string of the molecule is CN(Cc1cnn(C)c1)C(=O)c1cc(Br)cn1C. The van der Waals surface area contributed by atoms with E-state index in [9.17, 15) is 4.79 Å². The molecule has 18 heavy (non-hydrogen) atoms. The summed E-state index contributed by atoms with van der Waals surface area (Å²) in [7, 11) is 5.51. The monoisotopic (exact) mass is 310 g/mol. The van der Waals surface area contributed by atoms with E-state index in [0.717, 1.165) is 10.0 Å². The summed E-state index contributed by atoms with van der Waals surface area (Å²) in [5, 5.41) is 4.09. The van der Waals surface area contributed by atoms with Crippen LogP contribution in [0.25, 0.3) is 0 Å². The number of nitrogens with zero attached hydrogens (tertiary/aromatic N) is 4. The third-order valence-corrected chi connectivity index (χ3v) is 3.15. The molecule has 1 amide bonds. The summed E-state index contributed by atoms with van der Waals surface area (Å²) in [5.74, 6) is -0.00736. The standard InChI is InChI=1S/C12H15BrN4O/c1-15-8-10(13)4-11(15)12(18)16(2)6-9-5-14-17(3)7-9/h4-5,7-8H,6H2,1-3H3. The minimum absolute atomic E-state index is 0.00736. The third-order valence-electron chi connectivity index (χ3n) is 2.72.